The lowest BCUT2D eigenvalue weighted by atomic mass is 10.2. The summed E-state index contributed by atoms with van der Waals surface area (Å²) in [6.07, 6.45) is 7.08. The monoisotopic (exact) mass is 153 g/mol. The van der Waals surface area contributed by atoms with Crippen molar-refractivity contribution in [2.24, 2.45) is 5.92 Å². The quantitative estimate of drug-likeness (QED) is 0.647. The molecule has 0 aromatic heterocycles. The van der Waals surface area contributed by atoms with Gasteiger partial charge in [-0.3, -0.25) is 0 Å². The zero-order valence-electron chi connectivity index (χ0n) is 7.07. The van der Waals surface area contributed by atoms with Crippen LogP contribution in [-0.4, -0.2) is 22.8 Å². The Balaban J connectivity index is 2.45. The third-order valence-electron chi connectivity index (χ3n) is 1.59. The molecule has 11 heavy (non-hydrogen) atoms. The molecule has 0 aromatic carbocycles. The third kappa shape index (κ3) is 2.39. The van der Waals surface area contributed by atoms with Crippen LogP contribution in [0.4, 0.5) is 0 Å². The smallest absolute Gasteiger partial charge is 0.146 e. The van der Waals surface area contributed by atoms with Gasteiger partial charge in [0.15, 0.2) is 0 Å². The van der Waals surface area contributed by atoms with Crippen LogP contribution in [0.1, 0.15) is 13.8 Å². The molecule has 2 nitrogen and oxygen atoms in total. The lowest BCUT2D eigenvalue weighted by Gasteiger charge is -2.27. The molecule has 1 unspecified atom stereocenters. The molecule has 1 aliphatic rings. The summed E-state index contributed by atoms with van der Waals surface area (Å²) in [7, 11) is 0. The summed E-state index contributed by atoms with van der Waals surface area (Å²) >= 11 is 0. The van der Waals surface area contributed by atoms with Gasteiger partial charge in [-0.05, 0) is 18.1 Å². The highest BCUT2D eigenvalue weighted by Crippen LogP contribution is 2.08. The van der Waals surface area contributed by atoms with Crippen molar-refractivity contribution in [1.82, 2.24) is 4.90 Å². The molecule has 0 aliphatic carbocycles. The second kappa shape index (κ2) is 3.58. The van der Waals surface area contributed by atoms with E-state index in [1.165, 1.54) is 0 Å². The highest BCUT2D eigenvalue weighted by atomic mass is 16.3. The average molecular weight is 153 g/mol. The highest BCUT2D eigenvalue weighted by molar-refractivity contribution is 5.10. The Bertz CT molecular complexity index is 172. The zero-order valence-corrected chi connectivity index (χ0v) is 7.07. The van der Waals surface area contributed by atoms with Crippen molar-refractivity contribution in [2.75, 3.05) is 6.54 Å². The van der Waals surface area contributed by atoms with Gasteiger partial charge < -0.3 is 10.0 Å². The van der Waals surface area contributed by atoms with Crippen molar-refractivity contribution in [3.05, 3.63) is 24.4 Å². The molecule has 0 radical (unpaired) electrons. The molecule has 0 amide bonds. The first-order chi connectivity index (χ1) is 5.20. The van der Waals surface area contributed by atoms with Gasteiger partial charge in [-0.15, -0.1) is 0 Å². The van der Waals surface area contributed by atoms with Crippen LogP contribution in [0.5, 0.6) is 0 Å². The van der Waals surface area contributed by atoms with Crippen molar-refractivity contribution in [3.8, 4) is 0 Å². The molecule has 0 fully saturated rings. The minimum absolute atomic E-state index is 0.428. The predicted molar refractivity (Wildman–Crippen MR) is 45.8 cm³/mol. The lowest BCUT2D eigenvalue weighted by molar-refractivity contribution is 0.0694. The predicted octanol–water partition coefficient (Wildman–Crippen LogP) is 1.35. The molecule has 0 aromatic rings. The Kier molecular flexibility index (Phi) is 2.71. The summed E-state index contributed by atoms with van der Waals surface area (Å²) in [6.45, 7) is 5.18. The maximum atomic E-state index is 9.41. The van der Waals surface area contributed by atoms with Crippen molar-refractivity contribution >= 4 is 0 Å². The molecule has 62 valence electrons. The Morgan fingerprint density at radius 1 is 1.45 bits per heavy atom. The fraction of sp³-hybridized carbons (Fsp3) is 0.556. The Morgan fingerprint density at radius 2 is 2.18 bits per heavy atom. The average Bonchev–Trinajstić information content (AvgIpc) is 1.93. The van der Waals surface area contributed by atoms with E-state index in [0.29, 0.717) is 5.92 Å². The van der Waals surface area contributed by atoms with Gasteiger partial charge in [0, 0.05) is 12.7 Å². The zero-order chi connectivity index (χ0) is 8.27. The lowest BCUT2D eigenvalue weighted by Crippen LogP contribution is -2.33. The largest absolute Gasteiger partial charge is 0.370 e. The first-order valence-corrected chi connectivity index (χ1v) is 3.99. The number of allylic oxidation sites excluding steroid dienone is 2. The number of aliphatic hydroxyl groups is 1. The van der Waals surface area contributed by atoms with E-state index < -0.39 is 6.23 Å². The summed E-state index contributed by atoms with van der Waals surface area (Å²) in [6, 6.07) is 0. The topological polar surface area (TPSA) is 23.5 Å². The molecule has 1 aliphatic heterocycles. The van der Waals surface area contributed by atoms with Crippen LogP contribution < -0.4 is 0 Å². The molecule has 1 atom stereocenters. The molecule has 1 rings (SSSR count). The van der Waals surface area contributed by atoms with Crippen LogP contribution in [0.2, 0.25) is 0 Å². The van der Waals surface area contributed by atoms with Gasteiger partial charge in [-0.25, -0.2) is 0 Å². The van der Waals surface area contributed by atoms with Gasteiger partial charge >= 0.3 is 0 Å². The van der Waals surface area contributed by atoms with E-state index in [0.717, 1.165) is 6.54 Å². The van der Waals surface area contributed by atoms with E-state index in [1.807, 2.05) is 23.3 Å². The van der Waals surface area contributed by atoms with Crippen molar-refractivity contribution in [3.63, 3.8) is 0 Å². The van der Waals surface area contributed by atoms with E-state index in [2.05, 4.69) is 13.8 Å². The third-order valence-corrected chi connectivity index (χ3v) is 1.59. The molecular formula is C9H15NO. The Hall–Kier alpha value is -0.760. The molecule has 0 saturated carbocycles. The standard InChI is InChI=1S/C9H15NO/c1-8(2)7-10-6-4-3-5-9(10)11/h3-6,8-9,11H,7H2,1-2H3. The number of aliphatic hydroxyl groups excluding tert-OH is 1. The van der Waals surface area contributed by atoms with Crippen LogP contribution in [0.15, 0.2) is 24.4 Å². The molecule has 0 spiro atoms. The Morgan fingerprint density at radius 3 is 2.73 bits per heavy atom. The van der Waals surface area contributed by atoms with E-state index in [1.54, 1.807) is 6.08 Å². The minimum Gasteiger partial charge on any atom is -0.370 e. The summed E-state index contributed by atoms with van der Waals surface area (Å²) in [5.74, 6) is 0.584. The van der Waals surface area contributed by atoms with Gasteiger partial charge in [0.2, 0.25) is 0 Å². The first-order valence-electron chi connectivity index (χ1n) is 3.99. The highest BCUT2D eigenvalue weighted by Gasteiger charge is 2.10. The number of rotatable bonds is 2. The summed E-state index contributed by atoms with van der Waals surface area (Å²) in [4.78, 5) is 1.92. The molecular weight excluding hydrogens is 138 g/mol. The molecule has 1 heterocycles. The van der Waals surface area contributed by atoms with E-state index >= 15 is 0 Å². The second-order valence-corrected chi connectivity index (χ2v) is 3.23. The van der Waals surface area contributed by atoms with Gasteiger partial charge in [-0.2, -0.15) is 0 Å². The number of hydrogen-bond donors (Lipinski definition) is 1. The van der Waals surface area contributed by atoms with Gasteiger partial charge in [0.1, 0.15) is 6.23 Å². The van der Waals surface area contributed by atoms with Crippen LogP contribution in [0.3, 0.4) is 0 Å². The van der Waals surface area contributed by atoms with E-state index in [-0.39, 0.29) is 0 Å². The minimum atomic E-state index is -0.428. The van der Waals surface area contributed by atoms with Crippen LogP contribution in [0.25, 0.3) is 0 Å². The van der Waals surface area contributed by atoms with Crippen molar-refractivity contribution < 1.29 is 5.11 Å². The molecule has 0 saturated heterocycles. The fourth-order valence-electron chi connectivity index (χ4n) is 1.11. The maximum absolute atomic E-state index is 9.41. The van der Waals surface area contributed by atoms with Crippen LogP contribution in [0, 0.1) is 5.92 Å². The molecule has 1 N–H and O–H groups in total. The van der Waals surface area contributed by atoms with Crippen LogP contribution in [-0.2, 0) is 0 Å². The van der Waals surface area contributed by atoms with Gasteiger partial charge in [0.05, 0.1) is 0 Å². The SMILES string of the molecule is CC(C)CN1C=CC=CC1O. The van der Waals surface area contributed by atoms with Crippen LogP contribution >= 0.6 is 0 Å². The van der Waals surface area contributed by atoms with Gasteiger partial charge in [0.25, 0.3) is 0 Å². The normalized spacial score (nSPS) is 23.3. The Labute approximate surface area is 67.8 Å². The number of nitrogens with zero attached hydrogens (tertiary/aromatic N) is 1. The van der Waals surface area contributed by atoms with Crippen molar-refractivity contribution in [2.45, 2.75) is 20.1 Å². The number of hydrogen-bond acceptors (Lipinski definition) is 2. The first kappa shape index (κ1) is 8.34. The van der Waals surface area contributed by atoms with E-state index in [9.17, 15) is 5.11 Å². The second-order valence-electron chi connectivity index (χ2n) is 3.23. The molecule has 2 heteroatoms. The summed E-state index contributed by atoms with van der Waals surface area (Å²) in [5, 5.41) is 9.41. The van der Waals surface area contributed by atoms with E-state index in [4.69, 9.17) is 0 Å². The maximum Gasteiger partial charge on any atom is 0.146 e. The fourth-order valence-corrected chi connectivity index (χ4v) is 1.11. The molecule has 0 bridgehead atoms. The summed E-state index contributed by atoms with van der Waals surface area (Å²) in [5.41, 5.74) is 0. The van der Waals surface area contributed by atoms with Crippen molar-refractivity contribution in [1.29, 1.82) is 0 Å². The van der Waals surface area contributed by atoms with Gasteiger partial charge in [-0.1, -0.05) is 19.9 Å². The summed E-state index contributed by atoms with van der Waals surface area (Å²) < 4.78 is 0.